The van der Waals surface area contributed by atoms with Crippen LogP contribution in [0, 0.1) is 6.92 Å². The highest BCUT2D eigenvalue weighted by Gasteiger charge is 2.09. The molecule has 0 aliphatic carbocycles. The predicted octanol–water partition coefficient (Wildman–Crippen LogP) is 3.94. The van der Waals surface area contributed by atoms with Crippen molar-refractivity contribution in [2.45, 2.75) is 13.5 Å². The van der Waals surface area contributed by atoms with Gasteiger partial charge in [-0.2, -0.15) is 0 Å². The van der Waals surface area contributed by atoms with Crippen molar-refractivity contribution in [1.29, 1.82) is 0 Å². The fraction of sp³-hybridized carbons (Fsp3) is 0.167. The van der Waals surface area contributed by atoms with Crippen LogP contribution < -0.4 is 5.73 Å². The highest BCUT2D eigenvalue weighted by atomic mass is 79.9. The maximum Gasteiger partial charge on any atom is 0.0749 e. The first-order valence-electron chi connectivity index (χ1n) is 4.75. The Hall–Kier alpha value is -0.640. The summed E-state index contributed by atoms with van der Waals surface area (Å²) < 4.78 is 1.14. The minimum absolute atomic E-state index is 0.577. The summed E-state index contributed by atoms with van der Waals surface area (Å²) in [5, 5.41) is 2.15. The second-order valence-corrected chi connectivity index (χ2v) is 5.67. The summed E-state index contributed by atoms with van der Waals surface area (Å²) in [5.74, 6) is 0. The Labute approximate surface area is 102 Å². The van der Waals surface area contributed by atoms with Gasteiger partial charge < -0.3 is 5.73 Å². The zero-order valence-corrected chi connectivity index (χ0v) is 10.9. The number of benzene rings is 1. The molecule has 78 valence electrons. The third kappa shape index (κ3) is 2.14. The molecule has 2 N–H and O–H groups in total. The minimum atomic E-state index is 0.577. The van der Waals surface area contributed by atoms with Gasteiger partial charge in [0.2, 0.25) is 0 Å². The van der Waals surface area contributed by atoms with Gasteiger partial charge in [-0.05, 0) is 39.5 Å². The van der Waals surface area contributed by atoms with Crippen LogP contribution in [-0.2, 0) is 6.54 Å². The van der Waals surface area contributed by atoms with E-state index in [1.54, 1.807) is 11.3 Å². The molecule has 0 atom stereocenters. The van der Waals surface area contributed by atoms with Crippen LogP contribution in [-0.4, -0.2) is 0 Å². The van der Waals surface area contributed by atoms with Gasteiger partial charge in [-0.1, -0.05) is 29.8 Å². The number of hydrogen-bond donors (Lipinski definition) is 1. The van der Waals surface area contributed by atoms with Crippen LogP contribution in [0.1, 0.15) is 11.1 Å². The Kier molecular flexibility index (Phi) is 3.24. The fourth-order valence-corrected chi connectivity index (χ4v) is 3.02. The van der Waals surface area contributed by atoms with E-state index in [9.17, 15) is 0 Å². The van der Waals surface area contributed by atoms with Crippen molar-refractivity contribution in [3.8, 4) is 11.1 Å². The third-order valence-electron chi connectivity index (χ3n) is 2.41. The number of thiophene rings is 1. The van der Waals surface area contributed by atoms with Gasteiger partial charge in [-0.25, -0.2) is 0 Å². The van der Waals surface area contributed by atoms with Gasteiger partial charge >= 0.3 is 0 Å². The topological polar surface area (TPSA) is 26.0 Å². The summed E-state index contributed by atoms with van der Waals surface area (Å²) in [5.41, 5.74) is 10.7. The van der Waals surface area contributed by atoms with Gasteiger partial charge in [0.15, 0.2) is 0 Å². The molecule has 0 aliphatic heterocycles. The lowest BCUT2D eigenvalue weighted by molar-refractivity contribution is 1.08. The van der Waals surface area contributed by atoms with Crippen molar-refractivity contribution in [2.24, 2.45) is 5.73 Å². The third-order valence-corrected chi connectivity index (χ3v) is 4.26. The van der Waals surface area contributed by atoms with E-state index in [4.69, 9.17) is 5.73 Å². The van der Waals surface area contributed by atoms with Gasteiger partial charge in [0.1, 0.15) is 0 Å². The minimum Gasteiger partial charge on any atom is -0.326 e. The van der Waals surface area contributed by atoms with Gasteiger partial charge in [0.25, 0.3) is 0 Å². The highest BCUT2D eigenvalue weighted by Crippen LogP contribution is 2.34. The van der Waals surface area contributed by atoms with Crippen molar-refractivity contribution in [3.05, 3.63) is 44.6 Å². The first-order valence-corrected chi connectivity index (χ1v) is 6.42. The van der Waals surface area contributed by atoms with E-state index in [0.29, 0.717) is 6.54 Å². The van der Waals surface area contributed by atoms with Gasteiger partial charge in [0.05, 0.1) is 3.79 Å². The lowest BCUT2D eigenvalue weighted by Crippen LogP contribution is -1.96. The van der Waals surface area contributed by atoms with Gasteiger partial charge in [-0.3, -0.25) is 0 Å². The zero-order chi connectivity index (χ0) is 10.8. The van der Waals surface area contributed by atoms with Crippen molar-refractivity contribution < 1.29 is 0 Å². The second kappa shape index (κ2) is 4.47. The van der Waals surface area contributed by atoms with Crippen LogP contribution in [0.5, 0.6) is 0 Å². The molecular weight excluding hydrogens is 270 g/mol. The van der Waals surface area contributed by atoms with Crippen molar-refractivity contribution in [1.82, 2.24) is 0 Å². The summed E-state index contributed by atoms with van der Waals surface area (Å²) in [4.78, 5) is 0. The standard InChI is InChI=1S/C12H12BrNS/c1-8-2-4-9(5-3-8)11-7-15-12(13)10(11)6-14/h2-5,7H,6,14H2,1H3. The zero-order valence-electron chi connectivity index (χ0n) is 8.46. The molecule has 0 unspecified atom stereocenters. The van der Waals surface area contributed by atoms with Crippen LogP contribution in [0.3, 0.4) is 0 Å². The van der Waals surface area contributed by atoms with Crippen molar-refractivity contribution >= 4 is 27.3 Å². The molecule has 0 saturated carbocycles. The van der Waals surface area contributed by atoms with Crippen LogP contribution in [0.15, 0.2) is 33.4 Å². The maximum atomic E-state index is 5.74. The number of halogens is 1. The van der Waals surface area contributed by atoms with E-state index in [-0.39, 0.29) is 0 Å². The van der Waals surface area contributed by atoms with E-state index < -0.39 is 0 Å². The smallest absolute Gasteiger partial charge is 0.0749 e. The van der Waals surface area contributed by atoms with Crippen LogP contribution in [0.4, 0.5) is 0 Å². The normalized spacial score (nSPS) is 10.6. The quantitative estimate of drug-likeness (QED) is 0.887. The predicted molar refractivity (Wildman–Crippen MR) is 70.1 cm³/mol. The monoisotopic (exact) mass is 281 g/mol. The fourth-order valence-electron chi connectivity index (χ4n) is 1.52. The molecule has 0 fully saturated rings. The molecule has 0 saturated heterocycles. The molecule has 3 heteroatoms. The molecule has 2 rings (SSSR count). The summed E-state index contributed by atoms with van der Waals surface area (Å²) in [6, 6.07) is 8.54. The molecule has 2 aromatic rings. The Bertz CT molecular complexity index is 459. The molecule has 0 bridgehead atoms. The average Bonchev–Trinajstić information content (AvgIpc) is 2.61. The van der Waals surface area contributed by atoms with Crippen molar-refractivity contribution in [2.75, 3.05) is 0 Å². The summed E-state index contributed by atoms with van der Waals surface area (Å²) in [6.45, 7) is 2.67. The molecular formula is C12H12BrNS. The van der Waals surface area contributed by atoms with E-state index in [2.05, 4.69) is 52.5 Å². The number of hydrogen-bond acceptors (Lipinski definition) is 2. The Morgan fingerprint density at radius 3 is 2.53 bits per heavy atom. The average molecular weight is 282 g/mol. The Morgan fingerprint density at radius 2 is 1.93 bits per heavy atom. The number of nitrogens with two attached hydrogens (primary N) is 1. The maximum absolute atomic E-state index is 5.74. The molecule has 0 spiro atoms. The largest absolute Gasteiger partial charge is 0.326 e. The summed E-state index contributed by atoms with van der Waals surface area (Å²) in [7, 11) is 0. The van der Waals surface area contributed by atoms with Crippen LogP contribution >= 0.6 is 27.3 Å². The Morgan fingerprint density at radius 1 is 1.27 bits per heavy atom. The number of aryl methyl sites for hydroxylation is 1. The summed E-state index contributed by atoms with van der Waals surface area (Å²) in [6.07, 6.45) is 0. The van der Waals surface area contributed by atoms with E-state index in [1.165, 1.54) is 22.3 Å². The lowest BCUT2D eigenvalue weighted by atomic mass is 10.0. The first kappa shape index (κ1) is 10.9. The van der Waals surface area contributed by atoms with E-state index in [0.717, 1.165) is 3.79 Å². The van der Waals surface area contributed by atoms with Gasteiger partial charge in [-0.15, -0.1) is 11.3 Å². The Balaban J connectivity index is 2.49. The second-order valence-electron chi connectivity index (χ2n) is 3.47. The molecule has 0 radical (unpaired) electrons. The molecule has 0 amide bonds. The highest BCUT2D eigenvalue weighted by molar-refractivity contribution is 9.11. The summed E-state index contributed by atoms with van der Waals surface area (Å²) >= 11 is 5.22. The van der Waals surface area contributed by atoms with Crippen LogP contribution in [0.2, 0.25) is 0 Å². The van der Waals surface area contributed by atoms with Crippen molar-refractivity contribution in [3.63, 3.8) is 0 Å². The molecule has 1 heterocycles. The van der Waals surface area contributed by atoms with Gasteiger partial charge in [0, 0.05) is 11.9 Å². The van der Waals surface area contributed by atoms with Crippen LogP contribution in [0.25, 0.3) is 11.1 Å². The lowest BCUT2D eigenvalue weighted by Gasteiger charge is -2.03. The molecule has 0 aliphatic rings. The first-order chi connectivity index (χ1) is 7.22. The van der Waals surface area contributed by atoms with E-state index >= 15 is 0 Å². The molecule has 1 aromatic heterocycles. The number of rotatable bonds is 2. The molecule has 15 heavy (non-hydrogen) atoms. The van der Waals surface area contributed by atoms with E-state index in [1.807, 2.05) is 0 Å². The molecule has 1 aromatic carbocycles. The SMILES string of the molecule is Cc1ccc(-c2csc(Br)c2CN)cc1. The molecule has 1 nitrogen and oxygen atoms in total.